The maximum Gasteiger partial charge on any atom is 0.360 e. The number of hydrogen-bond acceptors (Lipinski definition) is 5. The Labute approximate surface area is 91.9 Å². The Balaban J connectivity index is 2.46. The van der Waals surface area contributed by atoms with Crippen molar-refractivity contribution in [2.75, 3.05) is 7.11 Å². The topological polar surface area (TPSA) is 70.2 Å². The molecule has 0 aliphatic rings. The van der Waals surface area contributed by atoms with Crippen LogP contribution in [0.25, 0.3) is 11.6 Å². The van der Waals surface area contributed by atoms with Crippen LogP contribution in [0.4, 0.5) is 0 Å². The molecule has 0 aliphatic heterocycles. The van der Waals surface area contributed by atoms with E-state index in [1.807, 2.05) is 7.05 Å². The van der Waals surface area contributed by atoms with Crippen molar-refractivity contribution in [1.82, 2.24) is 14.5 Å². The number of nitrogens with zero attached hydrogens (tertiary/aromatic N) is 3. The fraction of sp³-hybridized carbons (Fsp3) is 0.300. The molecule has 0 fully saturated rings. The summed E-state index contributed by atoms with van der Waals surface area (Å²) in [5.74, 6) is 0.288. The van der Waals surface area contributed by atoms with Gasteiger partial charge in [-0.2, -0.15) is 0 Å². The quantitative estimate of drug-likeness (QED) is 0.712. The molecule has 16 heavy (non-hydrogen) atoms. The van der Waals surface area contributed by atoms with Gasteiger partial charge in [0.25, 0.3) is 0 Å². The number of oxazole rings is 1. The van der Waals surface area contributed by atoms with Crippen molar-refractivity contribution < 1.29 is 13.9 Å². The average Bonchev–Trinajstić information content (AvgIpc) is 2.83. The van der Waals surface area contributed by atoms with Gasteiger partial charge < -0.3 is 13.7 Å². The van der Waals surface area contributed by atoms with E-state index in [0.717, 1.165) is 0 Å². The minimum atomic E-state index is -0.505. The Hall–Kier alpha value is -2.11. The maximum absolute atomic E-state index is 11.3. The molecule has 2 rings (SSSR count). The van der Waals surface area contributed by atoms with Gasteiger partial charge in [-0.25, -0.2) is 14.8 Å². The number of carbonyl (C=O) groups excluding carboxylic acids is 1. The summed E-state index contributed by atoms with van der Waals surface area (Å²) in [4.78, 5) is 19.4. The van der Waals surface area contributed by atoms with Crippen molar-refractivity contribution in [1.29, 1.82) is 0 Å². The van der Waals surface area contributed by atoms with Gasteiger partial charge >= 0.3 is 5.97 Å². The fourth-order valence-corrected chi connectivity index (χ4v) is 1.36. The minimum absolute atomic E-state index is 0.193. The first-order valence-corrected chi connectivity index (χ1v) is 4.66. The smallest absolute Gasteiger partial charge is 0.360 e. The van der Waals surface area contributed by atoms with Crippen LogP contribution in [-0.2, 0) is 11.8 Å². The molecule has 0 aromatic carbocycles. The Morgan fingerprint density at radius 2 is 2.31 bits per heavy atom. The van der Waals surface area contributed by atoms with Crippen LogP contribution in [-0.4, -0.2) is 27.6 Å². The summed E-state index contributed by atoms with van der Waals surface area (Å²) >= 11 is 0. The molecule has 0 amide bonds. The second-order valence-electron chi connectivity index (χ2n) is 3.31. The fourth-order valence-electron chi connectivity index (χ4n) is 1.36. The summed E-state index contributed by atoms with van der Waals surface area (Å²) in [6.45, 7) is 1.67. The van der Waals surface area contributed by atoms with E-state index in [9.17, 15) is 4.79 Å². The third-order valence-corrected chi connectivity index (χ3v) is 2.21. The molecule has 6 nitrogen and oxygen atoms in total. The Bertz CT molecular complexity index is 527. The first-order valence-electron chi connectivity index (χ1n) is 4.66. The zero-order valence-corrected chi connectivity index (χ0v) is 9.22. The average molecular weight is 221 g/mol. The van der Waals surface area contributed by atoms with Gasteiger partial charge in [0, 0.05) is 7.05 Å². The van der Waals surface area contributed by atoms with Gasteiger partial charge in [0.05, 0.1) is 19.6 Å². The normalized spacial score (nSPS) is 10.4. The number of hydrogen-bond donors (Lipinski definition) is 0. The molecule has 0 unspecified atom stereocenters. The summed E-state index contributed by atoms with van der Waals surface area (Å²) < 4.78 is 11.7. The van der Waals surface area contributed by atoms with Gasteiger partial charge in [-0.05, 0) is 6.92 Å². The summed E-state index contributed by atoms with van der Waals surface area (Å²) in [6.07, 6.45) is 3.25. The van der Waals surface area contributed by atoms with Crippen molar-refractivity contribution in [2.24, 2.45) is 7.05 Å². The second-order valence-corrected chi connectivity index (χ2v) is 3.31. The lowest BCUT2D eigenvalue weighted by Gasteiger charge is -1.94. The highest BCUT2D eigenvalue weighted by atomic mass is 16.5. The lowest BCUT2D eigenvalue weighted by atomic mass is 10.4. The van der Waals surface area contributed by atoms with E-state index in [1.165, 1.54) is 7.11 Å². The van der Waals surface area contributed by atoms with Crippen LogP contribution in [0.3, 0.4) is 0 Å². The molecular formula is C10H11N3O3. The van der Waals surface area contributed by atoms with Gasteiger partial charge in [0.2, 0.25) is 5.89 Å². The highest BCUT2D eigenvalue weighted by Crippen LogP contribution is 2.21. The predicted octanol–water partition coefficient (Wildman–Crippen LogP) is 1.17. The predicted molar refractivity (Wildman–Crippen MR) is 54.8 cm³/mol. The van der Waals surface area contributed by atoms with Crippen molar-refractivity contribution in [3.63, 3.8) is 0 Å². The van der Waals surface area contributed by atoms with E-state index in [4.69, 9.17) is 4.42 Å². The molecule has 0 bridgehead atoms. The van der Waals surface area contributed by atoms with E-state index >= 15 is 0 Å². The van der Waals surface area contributed by atoms with Gasteiger partial charge in [-0.3, -0.25) is 0 Å². The molecule has 6 heteroatoms. The first kappa shape index (κ1) is 10.4. The van der Waals surface area contributed by atoms with Gasteiger partial charge in [0.1, 0.15) is 11.5 Å². The summed E-state index contributed by atoms with van der Waals surface area (Å²) in [5.41, 5.74) is 0.900. The molecule has 2 heterocycles. The zero-order valence-electron chi connectivity index (χ0n) is 9.22. The number of rotatable bonds is 2. The van der Waals surface area contributed by atoms with Crippen LogP contribution in [0.1, 0.15) is 16.2 Å². The highest BCUT2D eigenvalue weighted by Gasteiger charge is 2.19. The molecule has 2 aromatic heterocycles. The van der Waals surface area contributed by atoms with E-state index in [0.29, 0.717) is 17.3 Å². The summed E-state index contributed by atoms with van der Waals surface area (Å²) in [6, 6.07) is 0. The zero-order chi connectivity index (χ0) is 11.7. The first-order chi connectivity index (χ1) is 7.63. The van der Waals surface area contributed by atoms with Gasteiger partial charge in [0.15, 0.2) is 5.69 Å². The lowest BCUT2D eigenvalue weighted by Crippen LogP contribution is -2.03. The molecule has 0 saturated carbocycles. The second kappa shape index (κ2) is 3.80. The van der Waals surface area contributed by atoms with Crippen LogP contribution in [0.5, 0.6) is 0 Å². The molecule has 0 radical (unpaired) electrons. The Morgan fingerprint density at radius 3 is 2.88 bits per heavy atom. The van der Waals surface area contributed by atoms with Crippen LogP contribution < -0.4 is 0 Å². The third kappa shape index (κ3) is 1.58. The number of ether oxygens (including phenoxy) is 1. The molecule has 84 valence electrons. The Kier molecular flexibility index (Phi) is 2.47. The van der Waals surface area contributed by atoms with E-state index in [2.05, 4.69) is 14.7 Å². The highest BCUT2D eigenvalue weighted by molar-refractivity contribution is 5.88. The molecule has 0 saturated heterocycles. The lowest BCUT2D eigenvalue weighted by molar-refractivity contribution is 0.0593. The molecule has 0 aliphatic carbocycles. The summed E-state index contributed by atoms with van der Waals surface area (Å²) in [5, 5.41) is 0. The minimum Gasteiger partial charge on any atom is -0.464 e. The third-order valence-electron chi connectivity index (χ3n) is 2.21. The monoisotopic (exact) mass is 221 g/mol. The van der Waals surface area contributed by atoms with Crippen LogP contribution in [0.2, 0.25) is 0 Å². The number of methoxy groups -OCH3 is 1. The number of aromatic nitrogens is 3. The summed E-state index contributed by atoms with van der Waals surface area (Å²) in [7, 11) is 3.12. The van der Waals surface area contributed by atoms with Crippen molar-refractivity contribution in [3.05, 3.63) is 24.0 Å². The van der Waals surface area contributed by atoms with Crippen molar-refractivity contribution in [2.45, 2.75) is 6.92 Å². The standard InChI is InChI=1S/C10H11N3O3/c1-6-8(10(14)15-3)12-9(16-6)7-4-11-5-13(7)2/h4-5H,1-3H3. The van der Waals surface area contributed by atoms with Crippen molar-refractivity contribution >= 4 is 5.97 Å². The van der Waals surface area contributed by atoms with Crippen LogP contribution in [0, 0.1) is 6.92 Å². The molecule has 0 N–H and O–H groups in total. The van der Waals surface area contributed by atoms with E-state index < -0.39 is 5.97 Å². The van der Waals surface area contributed by atoms with E-state index in [-0.39, 0.29) is 5.69 Å². The van der Waals surface area contributed by atoms with E-state index in [1.54, 1.807) is 24.0 Å². The number of aryl methyl sites for hydroxylation is 2. The molecule has 2 aromatic rings. The SMILES string of the molecule is COC(=O)c1nc(-c2cncn2C)oc1C. The number of imidazole rings is 1. The molecule has 0 spiro atoms. The Morgan fingerprint density at radius 1 is 1.56 bits per heavy atom. The molecule has 0 atom stereocenters. The number of carbonyl (C=O) groups is 1. The van der Waals surface area contributed by atoms with Gasteiger partial charge in [-0.15, -0.1) is 0 Å². The maximum atomic E-state index is 11.3. The largest absolute Gasteiger partial charge is 0.464 e. The molecular weight excluding hydrogens is 210 g/mol. The van der Waals surface area contributed by atoms with Crippen LogP contribution in [0.15, 0.2) is 16.9 Å². The van der Waals surface area contributed by atoms with Gasteiger partial charge in [-0.1, -0.05) is 0 Å². The van der Waals surface area contributed by atoms with Crippen LogP contribution >= 0.6 is 0 Å². The van der Waals surface area contributed by atoms with Crippen molar-refractivity contribution in [3.8, 4) is 11.6 Å². The number of esters is 1.